The van der Waals surface area contributed by atoms with Gasteiger partial charge in [-0.3, -0.25) is 9.78 Å². The highest BCUT2D eigenvalue weighted by Crippen LogP contribution is 2.15. The molecule has 2 aromatic rings. The molecule has 0 unspecified atom stereocenters. The molecule has 0 radical (unpaired) electrons. The molecular weight excluding hydrogens is 346 g/mol. The quantitative estimate of drug-likeness (QED) is 0.779. The number of hydrogen-bond donors (Lipinski definition) is 0. The predicted octanol–water partition coefficient (Wildman–Crippen LogP) is 4.03. The highest BCUT2D eigenvalue weighted by atomic mass is 79.9. The van der Waals surface area contributed by atoms with Gasteiger partial charge in [-0.15, -0.1) is 0 Å². The van der Waals surface area contributed by atoms with Crippen molar-refractivity contribution >= 4 is 37.6 Å². The maximum Gasteiger partial charge on any atom is 0.168 e. The summed E-state index contributed by atoms with van der Waals surface area (Å²) in [5.74, 6) is 0.0666. The van der Waals surface area contributed by atoms with Crippen LogP contribution in [0.5, 0.6) is 0 Å². The van der Waals surface area contributed by atoms with E-state index in [0.29, 0.717) is 12.0 Å². The van der Waals surface area contributed by atoms with Crippen LogP contribution in [0.4, 0.5) is 0 Å². The first-order valence-electron chi connectivity index (χ1n) is 5.03. The lowest BCUT2D eigenvalue weighted by molar-refractivity contribution is 0.0992. The average molecular weight is 355 g/mol. The summed E-state index contributed by atoms with van der Waals surface area (Å²) in [6, 6.07) is 9.53. The molecule has 0 saturated carbocycles. The Balaban J connectivity index is 2.17. The Hall–Kier alpha value is -1.00. The Morgan fingerprint density at radius 1 is 1.12 bits per heavy atom. The fourth-order valence-corrected chi connectivity index (χ4v) is 2.31. The van der Waals surface area contributed by atoms with Crippen molar-refractivity contribution in [2.45, 2.75) is 6.42 Å². The van der Waals surface area contributed by atoms with E-state index in [9.17, 15) is 4.79 Å². The van der Waals surface area contributed by atoms with E-state index < -0.39 is 0 Å². The van der Waals surface area contributed by atoms with E-state index in [-0.39, 0.29) is 5.78 Å². The van der Waals surface area contributed by atoms with Crippen LogP contribution >= 0.6 is 31.9 Å². The monoisotopic (exact) mass is 353 g/mol. The zero-order valence-electron chi connectivity index (χ0n) is 8.86. The minimum absolute atomic E-state index is 0.0666. The van der Waals surface area contributed by atoms with E-state index in [0.717, 1.165) is 14.5 Å². The fourth-order valence-electron chi connectivity index (χ4n) is 1.50. The molecule has 0 spiro atoms. The SMILES string of the molecule is O=C(Cc1cccc(Br)c1)c1cncc(Br)c1. The van der Waals surface area contributed by atoms with Crippen LogP contribution in [0.1, 0.15) is 15.9 Å². The number of ketones is 1. The van der Waals surface area contributed by atoms with Gasteiger partial charge in [0.15, 0.2) is 5.78 Å². The van der Waals surface area contributed by atoms with Gasteiger partial charge >= 0.3 is 0 Å². The summed E-state index contributed by atoms with van der Waals surface area (Å²) in [5, 5.41) is 0. The Labute approximate surface area is 116 Å². The largest absolute Gasteiger partial charge is 0.294 e. The molecule has 4 heteroatoms. The lowest BCUT2D eigenvalue weighted by Crippen LogP contribution is -2.03. The molecule has 2 rings (SSSR count). The van der Waals surface area contributed by atoms with Crippen LogP contribution in [-0.4, -0.2) is 10.8 Å². The highest BCUT2D eigenvalue weighted by molar-refractivity contribution is 9.10. The molecule has 1 aromatic carbocycles. The van der Waals surface area contributed by atoms with Crippen LogP contribution in [0.15, 0.2) is 51.7 Å². The lowest BCUT2D eigenvalue weighted by atomic mass is 10.0. The average Bonchev–Trinajstić information content (AvgIpc) is 2.29. The van der Waals surface area contributed by atoms with Gasteiger partial charge in [-0.05, 0) is 39.7 Å². The smallest absolute Gasteiger partial charge is 0.168 e. The Kier molecular flexibility index (Phi) is 4.07. The van der Waals surface area contributed by atoms with Crippen LogP contribution in [-0.2, 0) is 6.42 Å². The molecule has 0 fully saturated rings. The lowest BCUT2D eigenvalue weighted by Gasteiger charge is -2.02. The summed E-state index contributed by atoms with van der Waals surface area (Å²) in [4.78, 5) is 16.0. The normalized spacial score (nSPS) is 10.2. The van der Waals surface area contributed by atoms with Crippen molar-refractivity contribution in [3.8, 4) is 0 Å². The summed E-state index contributed by atoms with van der Waals surface area (Å²) in [7, 11) is 0. The minimum Gasteiger partial charge on any atom is -0.294 e. The number of carbonyl (C=O) groups is 1. The van der Waals surface area contributed by atoms with E-state index in [1.54, 1.807) is 18.5 Å². The van der Waals surface area contributed by atoms with Crippen LogP contribution in [0.25, 0.3) is 0 Å². The summed E-state index contributed by atoms with van der Waals surface area (Å²) >= 11 is 6.69. The summed E-state index contributed by atoms with van der Waals surface area (Å²) in [6.07, 6.45) is 3.64. The maximum atomic E-state index is 12.0. The molecule has 0 N–H and O–H groups in total. The number of rotatable bonds is 3. The molecule has 0 aliphatic carbocycles. The van der Waals surface area contributed by atoms with Crippen LogP contribution in [0, 0.1) is 0 Å². The first-order valence-corrected chi connectivity index (χ1v) is 6.62. The van der Waals surface area contributed by atoms with E-state index in [1.165, 1.54) is 0 Å². The van der Waals surface area contributed by atoms with Crippen LogP contribution < -0.4 is 0 Å². The third-order valence-electron chi connectivity index (χ3n) is 2.28. The zero-order valence-corrected chi connectivity index (χ0v) is 12.0. The van der Waals surface area contributed by atoms with Crippen molar-refractivity contribution in [2.24, 2.45) is 0 Å². The number of hydrogen-bond acceptors (Lipinski definition) is 2. The zero-order chi connectivity index (χ0) is 12.3. The van der Waals surface area contributed by atoms with Crippen molar-refractivity contribution in [3.63, 3.8) is 0 Å². The molecule has 0 amide bonds. The molecule has 17 heavy (non-hydrogen) atoms. The van der Waals surface area contributed by atoms with Gasteiger partial charge in [0, 0.05) is 33.3 Å². The van der Waals surface area contributed by atoms with E-state index in [4.69, 9.17) is 0 Å². The molecule has 86 valence electrons. The van der Waals surface area contributed by atoms with Gasteiger partial charge in [-0.2, -0.15) is 0 Å². The Morgan fingerprint density at radius 2 is 1.94 bits per heavy atom. The number of nitrogens with zero attached hydrogens (tertiary/aromatic N) is 1. The molecule has 0 aliphatic heterocycles. The van der Waals surface area contributed by atoms with Gasteiger partial charge in [0.05, 0.1) is 0 Å². The standard InChI is InChI=1S/C13H9Br2NO/c14-11-3-1-2-9(4-11)5-13(17)10-6-12(15)8-16-7-10/h1-4,6-8H,5H2. The molecule has 1 heterocycles. The summed E-state index contributed by atoms with van der Waals surface area (Å²) in [5.41, 5.74) is 1.61. The van der Waals surface area contributed by atoms with Gasteiger partial charge in [0.25, 0.3) is 0 Å². The van der Waals surface area contributed by atoms with Crippen molar-refractivity contribution in [3.05, 3.63) is 62.8 Å². The van der Waals surface area contributed by atoms with Gasteiger partial charge in [-0.1, -0.05) is 28.1 Å². The summed E-state index contributed by atoms with van der Waals surface area (Å²) < 4.78 is 1.80. The van der Waals surface area contributed by atoms with Gasteiger partial charge in [0.1, 0.15) is 0 Å². The van der Waals surface area contributed by atoms with Crippen molar-refractivity contribution in [2.75, 3.05) is 0 Å². The Morgan fingerprint density at radius 3 is 2.65 bits per heavy atom. The molecule has 2 nitrogen and oxygen atoms in total. The first kappa shape index (κ1) is 12.5. The van der Waals surface area contributed by atoms with Gasteiger partial charge in [0.2, 0.25) is 0 Å². The summed E-state index contributed by atoms with van der Waals surface area (Å²) in [6.45, 7) is 0. The second kappa shape index (κ2) is 5.56. The number of pyridine rings is 1. The van der Waals surface area contributed by atoms with Crippen molar-refractivity contribution in [1.82, 2.24) is 4.98 Å². The van der Waals surface area contributed by atoms with E-state index in [2.05, 4.69) is 36.8 Å². The number of aromatic nitrogens is 1. The van der Waals surface area contributed by atoms with Crippen LogP contribution in [0.2, 0.25) is 0 Å². The first-order chi connectivity index (χ1) is 8.15. The third kappa shape index (κ3) is 3.48. The fraction of sp³-hybridized carbons (Fsp3) is 0.0769. The molecule has 1 aromatic heterocycles. The van der Waals surface area contributed by atoms with Gasteiger partial charge < -0.3 is 0 Å². The van der Waals surface area contributed by atoms with Gasteiger partial charge in [-0.25, -0.2) is 0 Å². The second-order valence-electron chi connectivity index (χ2n) is 3.62. The van der Waals surface area contributed by atoms with Crippen molar-refractivity contribution in [1.29, 1.82) is 0 Å². The van der Waals surface area contributed by atoms with Crippen LogP contribution in [0.3, 0.4) is 0 Å². The molecule has 0 bridgehead atoms. The molecule has 0 atom stereocenters. The van der Waals surface area contributed by atoms with E-state index >= 15 is 0 Å². The predicted molar refractivity (Wildman–Crippen MR) is 74.1 cm³/mol. The highest BCUT2D eigenvalue weighted by Gasteiger charge is 2.08. The maximum absolute atomic E-state index is 12.0. The number of benzene rings is 1. The number of Topliss-reactive ketones (excluding diaryl/α,β-unsaturated/α-hetero) is 1. The topological polar surface area (TPSA) is 30.0 Å². The molecule has 0 saturated heterocycles. The molecular formula is C13H9Br2NO. The second-order valence-corrected chi connectivity index (χ2v) is 5.45. The number of carbonyl (C=O) groups excluding carboxylic acids is 1. The third-order valence-corrected chi connectivity index (χ3v) is 3.21. The number of halogens is 2. The minimum atomic E-state index is 0.0666. The Bertz CT molecular complexity index is 555. The van der Waals surface area contributed by atoms with Crippen molar-refractivity contribution < 1.29 is 4.79 Å². The van der Waals surface area contributed by atoms with E-state index in [1.807, 2.05) is 24.3 Å². The molecule has 0 aliphatic rings.